The SMILES string of the molecule is COc1ccccc1OCC(=O)N/N=C/c1cc(Br)c(OCc2ccccc2)c(OC)c1. The quantitative estimate of drug-likeness (QED) is 0.327. The number of benzene rings is 3. The van der Waals surface area contributed by atoms with Gasteiger partial charge in [0.1, 0.15) is 6.61 Å². The molecule has 0 aliphatic heterocycles. The lowest BCUT2D eigenvalue weighted by molar-refractivity contribution is -0.123. The molecule has 3 aromatic carbocycles. The average molecular weight is 499 g/mol. The molecule has 3 aromatic rings. The number of hydrazone groups is 1. The van der Waals surface area contributed by atoms with Crippen molar-refractivity contribution in [3.63, 3.8) is 0 Å². The molecule has 0 aromatic heterocycles. The Bertz CT molecular complexity index is 1070. The second-order valence-corrected chi connectivity index (χ2v) is 7.40. The molecule has 0 bridgehead atoms. The summed E-state index contributed by atoms with van der Waals surface area (Å²) in [7, 11) is 3.10. The summed E-state index contributed by atoms with van der Waals surface area (Å²) in [5.41, 5.74) is 4.20. The van der Waals surface area contributed by atoms with Crippen molar-refractivity contribution in [3.05, 3.63) is 82.3 Å². The van der Waals surface area contributed by atoms with Crippen LogP contribution in [0.15, 0.2) is 76.3 Å². The van der Waals surface area contributed by atoms with Gasteiger partial charge < -0.3 is 18.9 Å². The number of para-hydroxylation sites is 2. The first-order valence-corrected chi connectivity index (χ1v) is 10.5. The highest BCUT2D eigenvalue weighted by Crippen LogP contribution is 2.36. The van der Waals surface area contributed by atoms with Crippen LogP contribution in [0.4, 0.5) is 0 Å². The van der Waals surface area contributed by atoms with Gasteiger partial charge >= 0.3 is 0 Å². The third kappa shape index (κ3) is 6.49. The van der Waals surface area contributed by atoms with Crippen LogP contribution in [0.1, 0.15) is 11.1 Å². The zero-order chi connectivity index (χ0) is 22.8. The van der Waals surface area contributed by atoms with Crippen LogP contribution in [0.5, 0.6) is 23.0 Å². The third-order valence-electron chi connectivity index (χ3n) is 4.31. The van der Waals surface area contributed by atoms with Gasteiger partial charge in [0.05, 0.1) is 24.9 Å². The number of carbonyl (C=O) groups excluding carboxylic acids is 1. The summed E-state index contributed by atoms with van der Waals surface area (Å²) in [6.45, 7) is 0.211. The highest BCUT2D eigenvalue weighted by atomic mass is 79.9. The van der Waals surface area contributed by atoms with E-state index in [1.54, 1.807) is 31.4 Å². The van der Waals surface area contributed by atoms with Crippen molar-refractivity contribution in [2.75, 3.05) is 20.8 Å². The Morgan fingerprint density at radius 3 is 2.34 bits per heavy atom. The molecule has 0 aliphatic carbocycles. The van der Waals surface area contributed by atoms with Gasteiger partial charge in [0.25, 0.3) is 5.91 Å². The smallest absolute Gasteiger partial charge is 0.277 e. The number of carbonyl (C=O) groups is 1. The summed E-state index contributed by atoms with van der Waals surface area (Å²) in [5, 5.41) is 3.98. The molecule has 0 fully saturated rings. The number of ether oxygens (including phenoxy) is 4. The van der Waals surface area contributed by atoms with E-state index in [0.29, 0.717) is 39.6 Å². The standard InChI is InChI=1S/C24H23BrN2O5/c1-29-20-10-6-7-11-21(20)31-16-23(28)27-26-14-18-12-19(25)24(22(13-18)30-2)32-15-17-8-4-3-5-9-17/h3-14H,15-16H2,1-2H3,(H,27,28)/b26-14+. The molecular formula is C24H23BrN2O5. The summed E-state index contributed by atoms with van der Waals surface area (Å²) in [6.07, 6.45) is 1.51. The van der Waals surface area contributed by atoms with E-state index in [1.165, 1.54) is 13.3 Å². The molecule has 1 N–H and O–H groups in total. The van der Waals surface area contributed by atoms with Crippen LogP contribution in [0.2, 0.25) is 0 Å². The molecule has 0 radical (unpaired) electrons. The monoisotopic (exact) mass is 498 g/mol. The van der Waals surface area contributed by atoms with Crippen molar-refractivity contribution < 1.29 is 23.7 Å². The molecule has 0 saturated heterocycles. The minimum Gasteiger partial charge on any atom is -0.493 e. The van der Waals surface area contributed by atoms with Crippen molar-refractivity contribution in [2.24, 2.45) is 5.10 Å². The maximum absolute atomic E-state index is 12.0. The van der Waals surface area contributed by atoms with Crippen LogP contribution in [0.3, 0.4) is 0 Å². The Morgan fingerprint density at radius 2 is 1.62 bits per heavy atom. The van der Waals surface area contributed by atoms with Gasteiger partial charge in [0.2, 0.25) is 0 Å². The van der Waals surface area contributed by atoms with Gasteiger partial charge in [-0.1, -0.05) is 42.5 Å². The Labute approximate surface area is 195 Å². The normalized spacial score (nSPS) is 10.6. The minimum absolute atomic E-state index is 0.197. The van der Waals surface area contributed by atoms with Crippen molar-refractivity contribution in [1.29, 1.82) is 0 Å². The average Bonchev–Trinajstić information content (AvgIpc) is 2.82. The summed E-state index contributed by atoms with van der Waals surface area (Å²) < 4.78 is 22.7. The predicted octanol–water partition coefficient (Wildman–Crippen LogP) is 4.57. The highest BCUT2D eigenvalue weighted by Gasteiger charge is 2.12. The maximum Gasteiger partial charge on any atom is 0.277 e. The lowest BCUT2D eigenvalue weighted by Crippen LogP contribution is -2.24. The molecule has 0 saturated carbocycles. The van der Waals surface area contributed by atoms with E-state index in [4.69, 9.17) is 18.9 Å². The summed E-state index contributed by atoms with van der Waals surface area (Å²) in [4.78, 5) is 12.0. The van der Waals surface area contributed by atoms with E-state index in [1.807, 2.05) is 42.5 Å². The Morgan fingerprint density at radius 1 is 0.938 bits per heavy atom. The molecule has 32 heavy (non-hydrogen) atoms. The van der Waals surface area contributed by atoms with Gasteiger partial charge in [-0.05, 0) is 51.3 Å². The number of hydrogen-bond donors (Lipinski definition) is 1. The summed E-state index contributed by atoms with van der Waals surface area (Å²) in [6, 6.07) is 20.5. The van der Waals surface area contributed by atoms with Crippen LogP contribution in [0.25, 0.3) is 0 Å². The zero-order valence-corrected chi connectivity index (χ0v) is 19.3. The van der Waals surface area contributed by atoms with E-state index >= 15 is 0 Å². The third-order valence-corrected chi connectivity index (χ3v) is 4.90. The van der Waals surface area contributed by atoms with Gasteiger partial charge in [-0.2, -0.15) is 5.10 Å². The highest BCUT2D eigenvalue weighted by molar-refractivity contribution is 9.10. The predicted molar refractivity (Wildman–Crippen MR) is 126 cm³/mol. The van der Waals surface area contributed by atoms with Gasteiger partial charge in [-0.3, -0.25) is 4.79 Å². The molecule has 0 spiro atoms. The molecule has 166 valence electrons. The maximum atomic E-state index is 12.0. The summed E-state index contributed by atoms with van der Waals surface area (Å²) >= 11 is 3.51. The van der Waals surface area contributed by atoms with E-state index in [2.05, 4.69) is 26.5 Å². The molecule has 0 unspecified atom stereocenters. The van der Waals surface area contributed by atoms with Crippen LogP contribution < -0.4 is 24.4 Å². The Kier molecular flexibility index (Phi) is 8.51. The number of methoxy groups -OCH3 is 2. The molecule has 0 heterocycles. The lowest BCUT2D eigenvalue weighted by atomic mass is 10.2. The van der Waals surface area contributed by atoms with Crippen LogP contribution >= 0.6 is 15.9 Å². The van der Waals surface area contributed by atoms with E-state index in [0.717, 1.165) is 5.56 Å². The van der Waals surface area contributed by atoms with Gasteiger partial charge in [-0.25, -0.2) is 5.43 Å². The van der Waals surface area contributed by atoms with Gasteiger partial charge in [-0.15, -0.1) is 0 Å². The number of amides is 1. The second kappa shape index (κ2) is 11.8. The van der Waals surface area contributed by atoms with Gasteiger partial charge in [0, 0.05) is 0 Å². The minimum atomic E-state index is -0.402. The number of hydrogen-bond acceptors (Lipinski definition) is 6. The Balaban J connectivity index is 1.58. The fourth-order valence-electron chi connectivity index (χ4n) is 2.78. The molecular weight excluding hydrogens is 476 g/mol. The van der Waals surface area contributed by atoms with Crippen molar-refractivity contribution >= 4 is 28.1 Å². The van der Waals surface area contributed by atoms with Crippen LogP contribution in [0, 0.1) is 0 Å². The topological polar surface area (TPSA) is 78.4 Å². The molecule has 1 amide bonds. The van der Waals surface area contributed by atoms with Crippen molar-refractivity contribution in [1.82, 2.24) is 5.43 Å². The first-order valence-electron chi connectivity index (χ1n) is 9.72. The van der Waals surface area contributed by atoms with Crippen molar-refractivity contribution in [3.8, 4) is 23.0 Å². The van der Waals surface area contributed by atoms with E-state index in [-0.39, 0.29) is 6.61 Å². The molecule has 7 nitrogen and oxygen atoms in total. The number of halogens is 1. The van der Waals surface area contributed by atoms with Crippen molar-refractivity contribution in [2.45, 2.75) is 6.61 Å². The van der Waals surface area contributed by atoms with E-state index < -0.39 is 5.91 Å². The molecule has 0 aliphatic rings. The fraction of sp³-hybridized carbons (Fsp3) is 0.167. The zero-order valence-electron chi connectivity index (χ0n) is 17.7. The molecule has 8 heteroatoms. The number of nitrogens with one attached hydrogen (secondary N) is 1. The Hall–Kier alpha value is -3.52. The van der Waals surface area contributed by atoms with Crippen LogP contribution in [-0.4, -0.2) is 32.9 Å². The number of rotatable bonds is 10. The molecule has 3 rings (SSSR count). The fourth-order valence-corrected chi connectivity index (χ4v) is 3.35. The second-order valence-electron chi connectivity index (χ2n) is 6.54. The molecule has 0 atom stereocenters. The van der Waals surface area contributed by atoms with Gasteiger partial charge in [0.15, 0.2) is 29.6 Å². The lowest BCUT2D eigenvalue weighted by Gasteiger charge is -2.13. The number of nitrogens with zero attached hydrogens (tertiary/aromatic N) is 1. The van der Waals surface area contributed by atoms with E-state index in [9.17, 15) is 4.79 Å². The first kappa shape index (κ1) is 23.1. The first-order chi connectivity index (χ1) is 15.6. The largest absolute Gasteiger partial charge is 0.493 e. The summed E-state index contributed by atoms with van der Waals surface area (Å²) in [5.74, 6) is 1.76. The van der Waals surface area contributed by atoms with Crippen LogP contribution in [-0.2, 0) is 11.4 Å².